The monoisotopic (exact) mass is 174 g/mol. The first-order chi connectivity index (χ1) is 5.16. The number of hydrogen-bond acceptors (Lipinski definition) is 2. The molecular formula is C6HClF2N2. The summed E-state index contributed by atoms with van der Waals surface area (Å²) in [4.78, 5) is 3.16. The predicted octanol–water partition coefficient (Wildman–Crippen LogP) is 1.88. The van der Waals surface area contributed by atoms with Crippen molar-refractivity contribution in [3.05, 3.63) is 28.5 Å². The first-order valence-electron chi connectivity index (χ1n) is 2.56. The molecule has 0 aliphatic heterocycles. The van der Waals surface area contributed by atoms with Crippen LogP contribution in [0.3, 0.4) is 0 Å². The van der Waals surface area contributed by atoms with E-state index in [1.165, 1.54) is 6.07 Å². The molecule has 0 aliphatic carbocycles. The average Bonchev–Trinajstić information content (AvgIpc) is 2.01. The quantitative estimate of drug-likeness (QED) is 0.602. The molecule has 5 heteroatoms. The van der Waals surface area contributed by atoms with Crippen molar-refractivity contribution in [3.63, 3.8) is 0 Å². The molecule has 0 amide bonds. The molecule has 11 heavy (non-hydrogen) atoms. The van der Waals surface area contributed by atoms with Gasteiger partial charge in [-0.1, -0.05) is 11.6 Å². The Morgan fingerprint density at radius 3 is 2.73 bits per heavy atom. The number of pyridine rings is 1. The lowest BCUT2D eigenvalue weighted by Crippen LogP contribution is -1.92. The van der Waals surface area contributed by atoms with Gasteiger partial charge in [-0.25, -0.2) is 13.8 Å². The maximum atomic E-state index is 12.6. The molecule has 0 N–H and O–H groups in total. The smallest absolute Gasteiger partial charge is 0.181 e. The SMILES string of the molecule is N#Cc1ncc(F)c(Cl)c1F. The fraction of sp³-hybridized carbons (Fsp3) is 0. The summed E-state index contributed by atoms with van der Waals surface area (Å²) in [5.41, 5.74) is -0.503. The minimum absolute atomic E-state index is 0.503. The van der Waals surface area contributed by atoms with Gasteiger partial charge in [0.1, 0.15) is 11.1 Å². The number of nitriles is 1. The van der Waals surface area contributed by atoms with Gasteiger partial charge >= 0.3 is 0 Å². The molecule has 0 spiro atoms. The van der Waals surface area contributed by atoms with Crippen molar-refractivity contribution in [1.82, 2.24) is 4.98 Å². The van der Waals surface area contributed by atoms with Crippen LogP contribution in [0.1, 0.15) is 5.69 Å². The Morgan fingerprint density at radius 1 is 1.55 bits per heavy atom. The topological polar surface area (TPSA) is 36.7 Å². The Morgan fingerprint density at radius 2 is 2.18 bits per heavy atom. The third kappa shape index (κ3) is 1.28. The van der Waals surface area contributed by atoms with E-state index in [0.717, 1.165) is 0 Å². The van der Waals surface area contributed by atoms with E-state index in [1.807, 2.05) is 0 Å². The summed E-state index contributed by atoms with van der Waals surface area (Å²) in [6.45, 7) is 0. The van der Waals surface area contributed by atoms with Crippen molar-refractivity contribution in [2.75, 3.05) is 0 Å². The van der Waals surface area contributed by atoms with Gasteiger partial charge in [0.25, 0.3) is 0 Å². The van der Waals surface area contributed by atoms with Crippen LogP contribution in [0.2, 0.25) is 5.02 Å². The molecule has 0 aromatic carbocycles. The largest absolute Gasteiger partial charge is 0.239 e. The first kappa shape index (κ1) is 7.89. The molecule has 0 unspecified atom stereocenters. The summed E-state index contributed by atoms with van der Waals surface area (Å²) < 4.78 is 25.0. The number of hydrogen-bond donors (Lipinski definition) is 0. The van der Waals surface area contributed by atoms with Crippen LogP contribution in [-0.4, -0.2) is 4.98 Å². The van der Waals surface area contributed by atoms with E-state index in [1.54, 1.807) is 0 Å². The summed E-state index contributed by atoms with van der Waals surface area (Å²) in [5.74, 6) is -2.09. The molecule has 1 heterocycles. The van der Waals surface area contributed by atoms with E-state index in [9.17, 15) is 8.78 Å². The molecular weight excluding hydrogens is 174 g/mol. The number of nitrogens with zero attached hydrogens (tertiary/aromatic N) is 2. The van der Waals surface area contributed by atoms with Crippen LogP contribution in [0, 0.1) is 23.0 Å². The Hall–Kier alpha value is -1.21. The molecule has 0 atom stereocenters. The second kappa shape index (κ2) is 2.81. The standard InChI is InChI=1S/C6HClF2N2/c7-5-3(8)2-11-4(1-10)6(5)9/h2H. The van der Waals surface area contributed by atoms with Crippen molar-refractivity contribution < 1.29 is 8.78 Å². The summed E-state index contributed by atoms with van der Waals surface area (Å²) >= 11 is 5.12. The zero-order valence-electron chi connectivity index (χ0n) is 5.11. The Kier molecular flexibility index (Phi) is 2.01. The van der Waals surface area contributed by atoms with Gasteiger partial charge in [0.05, 0.1) is 6.20 Å². The normalized spacial score (nSPS) is 9.27. The van der Waals surface area contributed by atoms with E-state index in [0.29, 0.717) is 6.20 Å². The Labute approximate surface area is 66.0 Å². The van der Waals surface area contributed by atoms with Crippen molar-refractivity contribution in [1.29, 1.82) is 5.26 Å². The van der Waals surface area contributed by atoms with Gasteiger partial charge in [0, 0.05) is 0 Å². The molecule has 0 fully saturated rings. The lowest BCUT2D eigenvalue weighted by Gasteiger charge is -1.95. The highest BCUT2D eigenvalue weighted by Gasteiger charge is 2.11. The van der Waals surface area contributed by atoms with E-state index in [-0.39, 0.29) is 0 Å². The van der Waals surface area contributed by atoms with Gasteiger partial charge in [-0.2, -0.15) is 5.26 Å². The lowest BCUT2D eigenvalue weighted by atomic mass is 10.3. The van der Waals surface area contributed by atoms with Gasteiger partial charge in [-0.05, 0) is 0 Å². The zero-order valence-corrected chi connectivity index (χ0v) is 5.86. The average molecular weight is 175 g/mol. The van der Waals surface area contributed by atoms with E-state index in [2.05, 4.69) is 4.98 Å². The molecule has 2 nitrogen and oxygen atoms in total. The summed E-state index contributed by atoms with van der Waals surface area (Å²) in [5, 5.41) is 7.50. The lowest BCUT2D eigenvalue weighted by molar-refractivity contribution is 0.570. The molecule has 0 saturated carbocycles. The second-order valence-corrected chi connectivity index (χ2v) is 2.07. The van der Waals surface area contributed by atoms with Crippen molar-refractivity contribution in [2.24, 2.45) is 0 Å². The maximum Gasteiger partial charge on any atom is 0.181 e. The molecule has 0 aliphatic rings. The molecule has 1 aromatic heterocycles. The molecule has 0 bridgehead atoms. The van der Waals surface area contributed by atoms with E-state index >= 15 is 0 Å². The predicted molar refractivity (Wildman–Crippen MR) is 33.9 cm³/mol. The van der Waals surface area contributed by atoms with Crippen molar-refractivity contribution in [3.8, 4) is 6.07 Å². The van der Waals surface area contributed by atoms with Crippen molar-refractivity contribution in [2.45, 2.75) is 0 Å². The van der Waals surface area contributed by atoms with Gasteiger partial charge in [0.15, 0.2) is 17.3 Å². The molecule has 1 rings (SSSR count). The first-order valence-corrected chi connectivity index (χ1v) is 2.94. The fourth-order valence-electron chi connectivity index (χ4n) is 0.521. The minimum atomic E-state index is -1.12. The van der Waals surface area contributed by atoms with Crippen LogP contribution in [0.4, 0.5) is 8.78 Å². The summed E-state index contributed by atoms with van der Waals surface area (Å²) in [7, 11) is 0. The molecule has 56 valence electrons. The third-order valence-electron chi connectivity index (χ3n) is 1.02. The van der Waals surface area contributed by atoms with E-state index in [4.69, 9.17) is 16.9 Å². The third-order valence-corrected chi connectivity index (χ3v) is 1.37. The van der Waals surface area contributed by atoms with Crippen LogP contribution < -0.4 is 0 Å². The second-order valence-electron chi connectivity index (χ2n) is 1.69. The summed E-state index contributed by atoms with van der Waals surface area (Å²) in [6, 6.07) is 1.43. The van der Waals surface area contributed by atoms with Crippen LogP contribution in [0.5, 0.6) is 0 Å². The van der Waals surface area contributed by atoms with Crippen LogP contribution in [0.15, 0.2) is 6.20 Å². The molecule has 0 saturated heterocycles. The van der Waals surface area contributed by atoms with E-state index < -0.39 is 22.4 Å². The van der Waals surface area contributed by atoms with Gasteiger partial charge in [-0.15, -0.1) is 0 Å². The van der Waals surface area contributed by atoms with Crippen molar-refractivity contribution >= 4 is 11.6 Å². The number of halogens is 3. The maximum absolute atomic E-state index is 12.6. The van der Waals surface area contributed by atoms with Gasteiger partial charge in [0.2, 0.25) is 0 Å². The minimum Gasteiger partial charge on any atom is -0.239 e. The highest BCUT2D eigenvalue weighted by atomic mass is 35.5. The number of rotatable bonds is 0. The highest BCUT2D eigenvalue weighted by molar-refractivity contribution is 6.30. The zero-order chi connectivity index (χ0) is 8.43. The van der Waals surface area contributed by atoms with Gasteiger partial charge < -0.3 is 0 Å². The molecule has 1 aromatic rings. The van der Waals surface area contributed by atoms with Gasteiger partial charge in [-0.3, -0.25) is 0 Å². The van der Waals surface area contributed by atoms with Crippen LogP contribution in [0.25, 0.3) is 0 Å². The fourth-order valence-corrected chi connectivity index (χ4v) is 0.660. The molecule has 0 radical (unpaired) electrons. The highest BCUT2D eigenvalue weighted by Crippen LogP contribution is 2.18. The Bertz CT molecular complexity index is 332. The van der Waals surface area contributed by atoms with Crippen LogP contribution >= 0.6 is 11.6 Å². The number of aromatic nitrogens is 1. The Balaban J connectivity index is 3.40. The van der Waals surface area contributed by atoms with Crippen LogP contribution in [-0.2, 0) is 0 Å². The summed E-state index contributed by atoms with van der Waals surface area (Å²) in [6.07, 6.45) is 0.698.